The van der Waals surface area contributed by atoms with Crippen LogP contribution in [0.3, 0.4) is 0 Å². The van der Waals surface area contributed by atoms with Gasteiger partial charge in [-0.3, -0.25) is 4.79 Å². The van der Waals surface area contributed by atoms with Gasteiger partial charge in [-0.25, -0.2) is 0 Å². The van der Waals surface area contributed by atoms with Crippen LogP contribution in [0.5, 0.6) is 0 Å². The van der Waals surface area contributed by atoms with Crippen molar-refractivity contribution >= 4 is 23.2 Å². The van der Waals surface area contributed by atoms with Crippen molar-refractivity contribution in [2.24, 2.45) is 0 Å². The van der Waals surface area contributed by atoms with E-state index in [4.69, 9.17) is 21.8 Å². The largest absolute Gasteiger partial charge is 0.467 e. The van der Waals surface area contributed by atoms with Gasteiger partial charge in [-0.2, -0.15) is 0 Å². The lowest BCUT2D eigenvalue weighted by molar-refractivity contribution is 0.0936. The van der Waals surface area contributed by atoms with Crippen LogP contribution in [0.15, 0.2) is 41.0 Å². The summed E-state index contributed by atoms with van der Waals surface area (Å²) in [4.78, 5) is 12.0. The van der Waals surface area contributed by atoms with Gasteiger partial charge in [-0.1, -0.05) is 11.6 Å². The SMILES string of the molecule is CC(NC(=O)c1ccc(Cl)cc1N)c1ccco1. The van der Waals surface area contributed by atoms with Gasteiger partial charge in [0.1, 0.15) is 5.76 Å². The molecule has 4 nitrogen and oxygen atoms in total. The zero-order chi connectivity index (χ0) is 13.1. The molecular formula is C13H13ClN2O2. The van der Waals surface area contributed by atoms with E-state index < -0.39 is 0 Å². The van der Waals surface area contributed by atoms with Gasteiger partial charge in [0, 0.05) is 10.7 Å². The van der Waals surface area contributed by atoms with E-state index in [1.54, 1.807) is 36.6 Å². The normalized spacial score (nSPS) is 12.1. The van der Waals surface area contributed by atoms with Gasteiger partial charge in [0.05, 0.1) is 17.9 Å². The molecule has 1 heterocycles. The lowest BCUT2D eigenvalue weighted by Gasteiger charge is -2.12. The minimum atomic E-state index is -0.256. The van der Waals surface area contributed by atoms with Crippen LogP contribution in [0, 0.1) is 0 Å². The first kappa shape index (κ1) is 12.5. The van der Waals surface area contributed by atoms with Gasteiger partial charge < -0.3 is 15.5 Å². The molecule has 3 N–H and O–H groups in total. The Bertz CT molecular complexity index is 552. The maximum absolute atomic E-state index is 12.0. The fraction of sp³-hybridized carbons (Fsp3) is 0.154. The van der Waals surface area contributed by atoms with Crippen LogP contribution >= 0.6 is 11.6 Å². The number of rotatable bonds is 3. The van der Waals surface area contributed by atoms with Crippen LogP contribution in [0.2, 0.25) is 5.02 Å². The van der Waals surface area contributed by atoms with Crippen molar-refractivity contribution < 1.29 is 9.21 Å². The van der Waals surface area contributed by atoms with Crippen LogP contribution in [0.1, 0.15) is 29.1 Å². The Balaban J connectivity index is 2.12. The highest BCUT2D eigenvalue weighted by Gasteiger charge is 2.15. The molecule has 1 aromatic heterocycles. The summed E-state index contributed by atoms with van der Waals surface area (Å²) in [6.07, 6.45) is 1.56. The third-order valence-electron chi connectivity index (χ3n) is 2.58. The van der Waals surface area contributed by atoms with Crippen LogP contribution in [0.4, 0.5) is 5.69 Å². The lowest BCUT2D eigenvalue weighted by Crippen LogP contribution is -2.27. The first-order valence-electron chi connectivity index (χ1n) is 5.47. The summed E-state index contributed by atoms with van der Waals surface area (Å²) >= 11 is 5.78. The summed E-state index contributed by atoms with van der Waals surface area (Å²) in [6.45, 7) is 1.84. The summed E-state index contributed by atoms with van der Waals surface area (Å²) < 4.78 is 5.21. The van der Waals surface area contributed by atoms with E-state index in [1.807, 2.05) is 6.92 Å². The molecule has 0 saturated carbocycles. The van der Waals surface area contributed by atoms with E-state index in [9.17, 15) is 4.79 Å². The number of carbonyl (C=O) groups is 1. The number of nitrogens with one attached hydrogen (secondary N) is 1. The highest BCUT2D eigenvalue weighted by Crippen LogP contribution is 2.19. The van der Waals surface area contributed by atoms with Crippen molar-refractivity contribution in [2.75, 3.05) is 5.73 Å². The van der Waals surface area contributed by atoms with E-state index in [0.29, 0.717) is 22.0 Å². The van der Waals surface area contributed by atoms with E-state index in [-0.39, 0.29) is 11.9 Å². The molecule has 1 atom stereocenters. The van der Waals surface area contributed by atoms with E-state index in [0.717, 1.165) is 0 Å². The standard InChI is InChI=1S/C13H13ClN2O2/c1-8(12-3-2-6-18-12)16-13(17)10-5-4-9(14)7-11(10)15/h2-8H,15H2,1H3,(H,16,17). The van der Waals surface area contributed by atoms with Crippen molar-refractivity contribution in [3.63, 3.8) is 0 Å². The Hall–Kier alpha value is -1.94. The molecule has 1 amide bonds. The molecule has 0 spiro atoms. The van der Waals surface area contributed by atoms with Crippen molar-refractivity contribution in [1.82, 2.24) is 5.32 Å². The molecule has 0 saturated heterocycles. The molecule has 94 valence electrons. The number of anilines is 1. The number of benzene rings is 1. The van der Waals surface area contributed by atoms with Gasteiger partial charge in [-0.15, -0.1) is 0 Å². The van der Waals surface area contributed by atoms with Crippen molar-refractivity contribution in [1.29, 1.82) is 0 Å². The third-order valence-corrected chi connectivity index (χ3v) is 2.81. The van der Waals surface area contributed by atoms with Gasteiger partial charge in [0.15, 0.2) is 0 Å². The summed E-state index contributed by atoms with van der Waals surface area (Å²) in [5, 5.41) is 3.31. The van der Waals surface area contributed by atoms with Gasteiger partial charge in [-0.05, 0) is 37.3 Å². The molecule has 2 rings (SSSR count). The number of furan rings is 1. The summed E-state index contributed by atoms with van der Waals surface area (Å²) in [5.74, 6) is 0.434. The van der Waals surface area contributed by atoms with E-state index in [1.165, 1.54) is 0 Å². The molecule has 0 aliphatic carbocycles. The number of halogens is 1. The minimum absolute atomic E-state index is 0.220. The second-order valence-corrected chi connectivity index (χ2v) is 4.38. The Labute approximate surface area is 110 Å². The van der Waals surface area contributed by atoms with Crippen molar-refractivity contribution in [2.45, 2.75) is 13.0 Å². The molecule has 0 fully saturated rings. The second kappa shape index (κ2) is 5.14. The molecule has 18 heavy (non-hydrogen) atoms. The average Bonchev–Trinajstić information content (AvgIpc) is 2.81. The zero-order valence-electron chi connectivity index (χ0n) is 9.81. The van der Waals surface area contributed by atoms with Crippen molar-refractivity contribution in [3.8, 4) is 0 Å². The number of hydrogen-bond donors (Lipinski definition) is 2. The molecule has 0 aliphatic rings. The monoisotopic (exact) mass is 264 g/mol. The van der Waals surface area contributed by atoms with Crippen LogP contribution in [-0.4, -0.2) is 5.91 Å². The molecule has 0 bridgehead atoms. The van der Waals surface area contributed by atoms with Crippen molar-refractivity contribution in [3.05, 3.63) is 52.9 Å². The fourth-order valence-electron chi connectivity index (χ4n) is 1.62. The first-order chi connectivity index (χ1) is 8.58. The van der Waals surface area contributed by atoms with Crippen LogP contribution in [-0.2, 0) is 0 Å². The molecule has 0 radical (unpaired) electrons. The Morgan fingerprint density at radius 2 is 2.22 bits per heavy atom. The number of hydrogen-bond acceptors (Lipinski definition) is 3. The average molecular weight is 265 g/mol. The van der Waals surface area contributed by atoms with Gasteiger partial charge in [0.2, 0.25) is 0 Å². The zero-order valence-corrected chi connectivity index (χ0v) is 10.6. The smallest absolute Gasteiger partial charge is 0.253 e. The van der Waals surface area contributed by atoms with E-state index >= 15 is 0 Å². The van der Waals surface area contributed by atoms with Crippen LogP contribution < -0.4 is 11.1 Å². The predicted molar refractivity (Wildman–Crippen MR) is 70.5 cm³/mol. The Morgan fingerprint density at radius 1 is 1.44 bits per heavy atom. The number of carbonyl (C=O) groups excluding carboxylic acids is 1. The molecule has 0 aliphatic heterocycles. The molecule has 1 aromatic carbocycles. The molecule has 5 heteroatoms. The highest BCUT2D eigenvalue weighted by atomic mass is 35.5. The molecular weight excluding hydrogens is 252 g/mol. The molecule has 2 aromatic rings. The summed E-state index contributed by atoms with van der Waals surface area (Å²) in [5.41, 5.74) is 6.50. The van der Waals surface area contributed by atoms with E-state index in [2.05, 4.69) is 5.32 Å². The fourth-order valence-corrected chi connectivity index (χ4v) is 1.80. The lowest BCUT2D eigenvalue weighted by atomic mass is 10.1. The second-order valence-electron chi connectivity index (χ2n) is 3.94. The first-order valence-corrected chi connectivity index (χ1v) is 5.85. The maximum Gasteiger partial charge on any atom is 0.253 e. The maximum atomic E-state index is 12.0. The number of amides is 1. The van der Waals surface area contributed by atoms with Crippen LogP contribution in [0.25, 0.3) is 0 Å². The van der Waals surface area contributed by atoms with Gasteiger partial charge >= 0.3 is 0 Å². The minimum Gasteiger partial charge on any atom is -0.467 e. The number of nitrogens with two attached hydrogens (primary N) is 1. The highest BCUT2D eigenvalue weighted by molar-refractivity contribution is 6.31. The Morgan fingerprint density at radius 3 is 2.83 bits per heavy atom. The summed E-state index contributed by atoms with van der Waals surface area (Å²) in [7, 11) is 0. The quantitative estimate of drug-likeness (QED) is 0.838. The Kier molecular flexibility index (Phi) is 3.58. The third kappa shape index (κ3) is 2.65. The summed E-state index contributed by atoms with van der Waals surface area (Å²) in [6, 6.07) is 8.13. The van der Waals surface area contributed by atoms with Gasteiger partial charge in [0.25, 0.3) is 5.91 Å². The predicted octanol–water partition coefficient (Wildman–Crippen LogP) is 3.01. The topological polar surface area (TPSA) is 68.3 Å². The molecule has 1 unspecified atom stereocenters. The number of nitrogen functional groups attached to an aromatic ring is 1.